The van der Waals surface area contributed by atoms with Crippen LogP contribution < -0.4 is 5.32 Å². The lowest BCUT2D eigenvalue weighted by Gasteiger charge is -2.18. The van der Waals surface area contributed by atoms with Gasteiger partial charge in [0.15, 0.2) is 0 Å². The summed E-state index contributed by atoms with van der Waals surface area (Å²) in [6, 6.07) is 8.29. The Balaban J connectivity index is 1.79. The highest BCUT2D eigenvalue weighted by Gasteiger charge is 2.30. The third-order valence-electron chi connectivity index (χ3n) is 4.36. The largest absolute Gasteiger partial charge is 0.391 e. The highest BCUT2D eigenvalue weighted by molar-refractivity contribution is 5.36. The molecule has 1 aromatic carbocycles. The van der Waals surface area contributed by atoms with Crippen LogP contribution in [0.4, 0.5) is 0 Å². The van der Waals surface area contributed by atoms with E-state index in [0.29, 0.717) is 0 Å². The predicted octanol–water partition coefficient (Wildman–Crippen LogP) is 1.78. The number of rotatable bonds is 3. The van der Waals surface area contributed by atoms with Gasteiger partial charge in [-0.1, -0.05) is 24.3 Å². The standard InChI is InChI=1S/C16H21N3O/c1-10-14(11(2)19(3)18-10)9-17-16-13-7-5-4-6-12(13)8-15(16)20/h4-7,15-17,20H,8-9H2,1-3H3/t15-,16+/m0/s1. The molecule has 1 heterocycles. The smallest absolute Gasteiger partial charge is 0.0775 e. The van der Waals surface area contributed by atoms with E-state index in [9.17, 15) is 5.11 Å². The minimum Gasteiger partial charge on any atom is -0.391 e. The number of nitrogens with one attached hydrogen (secondary N) is 1. The van der Waals surface area contributed by atoms with Gasteiger partial charge in [0.25, 0.3) is 0 Å². The van der Waals surface area contributed by atoms with Crippen molar-refractivity contribution < 1.29 is 5.11 Å². The molecular formula is C16H21N3O. The lowest BCUT2D eigenvalue weighted by atomic mass is 10.1. The molecule has 0 spiro atoms. The van der Waals surface area contributed by atoms with Crippen LogP contribution in [0.1, 0.15) is 34.1 Å². The van der Waals surface area contributed by atoms with Crippen molar-refractivity contribution in [1.29, 1.82) is 0 Å². The van der Waals surface area contributed by atoms with Gasteiger partial charge < -0.3 is 10.4 Å². The number of hydrogen-bond acceptors (Lipinski definition) is 3. The fourth-order valence-corrected chi connectivity index (χ4v) is 3.11. The molecule has 0 radical (unpaired) electrons. The van der Waals surface area contributed by atoms with E-state index < -0.39 is 0 Å². The second-order valence-corrected chi connectivity index (χ2v) is 5.60. The SMILES string of the molecule is Cc1nn(C)c(C)c1CN[C@@H]1c2ccccc2C[C@@H]1O. The summed E-state index contributed by atoms with van der Waals surface area (Å²) in [5.74, 6) is 0. The van der Waals surface area contributed by atoms with Gasteiger partial charge in [0.05, 0.1) is 17.8 Å². The number of benzene rings is 1. The molecule has 1 aromatic heterocycles. The topological polar surface area (TPSA) is 50.1 Å². The van der Waals surface area contributed by atoms with Crippen LogP contribution in [0.15, 0.2) is 24.3 Å². The molecule has 2 aromatic rings. The third-order valence-corrected chi connectivity index (χ3v) is 4.36. The molecule has 0 amide bonds. The second-order valence-electron chi connectivity index (χ2n) is 5.60. The minimum atomic E-state index is -0.343. The predicted molar refractivity (Wildman–Crippen MR) is 78.4 cm³/mol. The molecular weight excluding hydrogens is 250 g/mol. The molecule has 3 rings (SSSR count). The molecule has 106 valence electrons. The van der Waals surface area contributed by atoms with Crippen molar-refractivity contribution in [2.45, 2.75) is 39.0 Å². The van der Waals surface area contributed by atoms with Crippen LogP contribution >= 0.6 is 0 Å². The van der Waals surface area contributed by atoms with Gasteiger partial charge in [-0.2, -0.15) is 5.10 Å². The van der Waals surface area contributed by atoms with Crippen molar-refractivity contribution in [3.05, 3.63) is 52.3 Å². The molecule has 0 fully saturated rings. The first kappa shape index (κ1) is 13.3. The number of aliphatic hydroxyl groups is 1. The maximum absolute atomic E-state index is 10.2. The Labute approximate surface area is 119 Å². The summed E-state index contributed by atoms with van der Waals surface area (Å²) in [5.41, 5.74) is 5.93. The lowest BCUT2D eigenvalue weighted by Crippen LogP contribution is -2.28. The number of aliphatic hydroxyl groups excluding tert-OH is 1. The van der Waals surface area contributed by atoms with E-state index in [0.717, 1.165) is 18.7 Å². The number of fused-ring (bicyclic) bond motifs is 1. The van der Waals surface area contributed by atoms with Crippen LogP contribution in [-0.2, 0) is 20.0 Å². The normalized spacial score (nSPS) is 21.2. The Kier molecular flexibility index (Phi) is 3.36. The van der Waals surface area contributed by atoms with Gasteiger partial charge in [0, 0.05) is 31.3 Å². The van der Waals surface area contributed by atoms with Crippen LogP contribution in [0.5, 0.6) is 0 Å². The molecule has 2 atom stereocenters. The maximum atomic E-state index is 10.2. The first-order valence-corrected chi connectivity index (χ1v) is 7.06. The summed E-state index contributed by atoms with van der Waals surface area (Å²) in [6.07, 6.45) is 0.392. The Morgan fingerprint density at radius 3 is 2.80 bits per heavy atom. The third kappa shape index (κ3) is 2.15. The van der Waals surface area contributed by atoms with E-state index >= 15 is 0 Å². The fraction of sp³-hybridized carbons (Fsp3) is 0.438. The monoisotopic (exact) mass is 271 g/mol. The van der Waals surface area contributed by atoms with E-state index in [-0.39, 0.29) is 12.1 Å². The number of hydrogen-bond donors (Lipinski definition) is 2. The zero-order valence-electron chi connectivity index (χ0n) is 12.2. The lowest BCUT2D eigenvalue weighted by molar-refractivity contribution is 0.140. The molecule has 0 unspecified atom stereocenters. The minimum absolute atomic E-state index is 0.0187. The van der Waals surface area contributed by atoms with Crippen LogP contribution in [0, 0.1) is 13.8 Å². The van der Waals surface area contributed by atoms with Crippen LogP contribution in [0.25, 0.3) is 0 Å². The van der Waals surface area contributed by atoms with E-state index in [1.54, 1.807) is 0 Å². The fourth-order valence-electron chi connectivity index (χ4n) is 3.11. The van der Waals surface area contributed by atoms with E-state index in [1.807, 2.05) is 30.8 Å². The zero-order valence-corrected chi connectivity index (χ0v) is 12.2. The summed E-state index contributed by atoms with van der Waals surface area (Å²) in [5, 5.41) is 18.2. The van der Waals surface area contributed by atoms with Gasteiger partial charge in [-0.25, -0.2) is 0 Å². The van der Waals surface area contributed by atoms with Gasteiger partial charge in [0.1, 0.15) is 0 Å². The molecule has 1 aliphatic carbocycles. The van der Waals surface area contributed by atoms with Crippen molar-refractivity contribution in [2.24, 2.45) is 7.05 Å². The molecule has 0 saturated heterocycles. The maximum Gasteiger partial charge on any atom is 0.0775 e. The Morgan fingerprint density at radius 2 is 2.10 bits per heavy atom. The number of aryl methyl sites for hydroxylation is 2. The molecule has 0 aliphatic heterocycles. The molecule has 4 heteroatoms. The first-order valence-electron chi connectivity index (χ1n) is 7.06. The van der Waals surface area contributed by atoms with Gasteiger partial charge in [-0.15, -0.1) is 0 Å². The van der Waals surface area contributed by atoms with Crippen molar-refractivity contribution in [2.75, 3.05) is 0 Å². The Hall–Kier alpha value is -1.65. The molecule has 0 bridgehead atoms. The van der Waals surface area contributed by atoms with Crippen molar-refractivity contribution >= 4 is 0 Å². The Morgan fingerprint density at radius 1 is 1.35 bits per heavy atom. The van der Waals surface area contributed by atoms with E-state index in [2.05, 4.69) is 29.5 Å². The van der Waals surface area contributed by atoms with Gasteiger partial charge in [0.2, 0.25) is 0 Å². The number of nitrogens with zero attached hydrogens (tertiary/aromatic N) is 2. The summed E-state index contributed by atoms with van der Waals surface area (Å²) in [4.78, 5) is 0. The molecule has 0 saturated carbocycles. The van der Waals surface area contributed by atoms with E-state index in [1.165, 1.54) is 22.4 Å². The van der Waals surface area contributed by atoms with Crippen LogP contribution in [0.2, 0.25) is 0 Å². The molecule has 2 N–H and O–H groups in total. The van der Waals surface area contributed by atoms with Gasteiger partial charge in [-0.3, -0.25) is 4.68 Å². The highest BCUT2D eigenvalue weighted by atomic mass is 16.3. The quantitative estimate of drug-likeness (QED) is 0.895. The van der Waals surface area contributed by atoms with Gasteiger partial charge in [-0.05, 0) is 25.0 Å². The van der Waals surface area contributed by atoms with Crippen molar-refractivity contribution in [3.8, 4) is 0 Å². The van der Waals surface area contributed by atoms with Crippen molar-refractivity contribution in [1.82, 2.24) is 15.1 Å². The Bertz CT molecular complexity index is 633. The first-order chi connectivity index (χ1) is 9.58. The summed E-state index contributed by atoms with van der Waals surface area (Å²) >= 11 is 0. The number of aromatic nitrogens is 2. The average Bonchev–Trinajstić information content (AvgIpc) is 2.86. The molecule has 1 aliphatic rings. The van der Waals surface area contributed by atoms with E-state index in [4.69, 9.17) is 0 Å². The van der Waals surface area contributed by atoms with Crippen LogP contribution in [0.3, 0.4) is 0 Å². The molecule has 4 nitrogen and oxygen atoms in total. The van der Waals surface area contributed by atoms with Gasteiger partial charge >= 0.3 is 0 Å². The zero-order chi connectivity index (χ0) is 14.3. The summed E-state index contributed by atoms with van der Waals surface area (Å²) in [7, 11) is 1.96. The second kappa shape index (κ2) is 5.04. The molecule has 20 heavy (non-hydrogen) atoms. The van der Waals surface area contributed by atoms with Crippen LogP contribution in [-0.4, -0.2) is 21.0 Å². The summed E-state index contributed by atoms with van der Waals surface area (Å²) < 4.78 is 1.91. The average molecular weight is 271 g/mol. The van der Waals surface area contributed by atoms with Crippen molar-refractivity contribution in [3.63, 3.8) is 0 Å². The summed E-state index contributed by atoms with van der Waals surface area (Å²) in [6.45, 7) is 4.85. The highest BCUT2D eigenvalue weighted by Crippen LogP contribution is 2.31.